The number of aryl methyl sites for hydroxylation is 1. The molecule has 36 heavy (non-hydrogen) atoms. The Kier molecular flexibility index (Phi) is 21.2. The van der Waals surface area contributed by atoms with E-state index in [4.69, 9.17) is 20.4 Å². The lowest BCUT2D eigenvalue weighted by molar-refractivity contribution is -0.176. The number of nitrogens with one attached hydrogen (secondary N) is 1. The monoisotopic (exact) mass is 553 g/mol. The number of aliphatic hydroxyl groups excluding tert-OH is 2. The van der Waals surface area contributed by atoms with E-state index >= 15 is 0 Å². The highest BCUT2D eigenvalue weighted by Crippen LogP contribution is 2.14. The van der Waals surface area contributed by atoms with Gasteiger partial charge in [-0.3, -0.25) is 9.59 Å². The highest BCUT2D eigenvalue weighted by molar-refractivity contribution is 5.87. The number of halogens is 4. The molecule has 5 N–H and O–H groups in total. The number of esters is 3. The van der Waals surface area contributed by atoms with Crippen LogP contribution in [0.3, 0.4) is 0 Å². The lowest BCUT2D eigenvalue weighted by Crippen LogP contribution is -2.49. The van der Waals surface area contributed by atoms with Gasteiger partial charge in [-0.05, 0) is 20.8 Å². The lowest BCUT2D eigenvalue weighted by Gasteiger charge is -2.15. The number of aromatic nitrogens is 1. The van der Waals surface area contributed by atoms with Crippen molar-refractivity contribution in [2.75, 3.05) is 33.0 Å². The average molecular weight is 554 g/mol. The molecule has 17 heteroatoms. The van der Waals surface area contributed by atoms with Gasteiger partial charge in [0.05, 0.1) is 33.0 Å². The summed E-state index contributed by atoms with van der Waals surface area (Å²) in [6, 6.07) is -2.58. The first-order valence-electron chi connectivity index (χ1n) is 10.1. The van der Waals surface area contributed by atoms with Crippen molar-refractivity contribution in [3.05, 3.63) is 17.8 Å². The molecule has 2 unspecified atom stereocenters. The van der Waals surface area contributed by atoms with E-state index in [0.29, 0.717) is 19.1 Å². The summed E-state index contributed by atoms with van der Waals surface area (Å²) in [6.07, 6.45) is -3.81. The normalized spacial score (nSPS) is 11.6. The van der Waals surface area contributed by atoms with Crippen molar-refractivity contribution in [2.45, 2.75) is 46.0 Å². The van der Waals surface area contributed by atoms with Crippen LogP contribution in [0, 0.1) is 6.92 Å². The summed E-state index contributed by atoms with van der Waals surface area (Å²) in [6.45, 7) is 5.81. The largest absolute Gasteiger partial charge is 0.471 e. The lowest BCUT2D eigenvalue weighted by atomic mass is 10.3. The molecule has 1 heterocycles. The second-order valence-electron chi connectivity index (χ2n) is 5.97. The number of alkyl halides is 3. The molecule has 0 aliphatic rings. The summed E-state index contributed by atoms with van der Waals surface area (Å²) in [5.41, 5.74) is 5.30. The van der Waals surface area contributed by atoms with Crippen LogP contribution in [-0.2, 0) is 28.6 Å². The molecule has 0 aliphatic carbocycles. The SMILES string of the molecule is CCOC(=O)C(CO)NC(=O)C(F)(F)F.CCOC(=O)C(N)CO.CCOC(=O)c1coc(C)n1.Cl. The van der Waals surface area contributed by atoms with Gasteiger partial charge in [0, 0.05) is 6.92 Å². The van der Waals surface area contributed by atoms with E-state index in [2.05, 4.69) is 19.2 Å². The quantitative estimate of drug-likeness (QED) is 0.236. The van der Waals surface area contributed by atoms with Crippen LogP contribution in [0.1, 0.15) is 37.2 Å². The molecule has 0 fully saturated rings. The number of oxazole rings is 1. The van der Waals surface area contributed by atoms with Crippen LogP contribution in [0.4, 0.5) is 13.2 Å². The summed E-state index contributed by atoms with van der Waals surface area (Å²) in [7, 11) is 0. The number of rotatable bonds is 9. The average Bonchev–Trinajstić information content (AvgIpc) is 3.23. The number of carbonyl (C=O) groups excluding carboxylic acids is 4. The van der Waals surface area contributed by atoms with Crippen LogP contribution < -0.4 is 11.1 Å². The smallest absolute Gasteiger partial charge is 0.465 e. The van der Waals surface area contributed by atoms with Crippen LogP contribution >= 0.6 is 12.4 Å². The predicted octanol–water partition coefficient (Wildman–Crippen LogP) is 0.0395. The summed E-state index contributed by atoms with van der Waals surface area (Å²) in [5, 5.41) is 18.2. The number of nitrogens with two attached hydrogens (primary N) is 1. The minimum absolute atomic E-state index is 0. The Hall–Kier alpha value is -2.95. The van der Waals surface area contributed by atoms with Gasteiger partial charge in [0.2, 0.25) is 0 Å². The standard InChI is InChI=1S/C7H10F3NO4.C7H9NO3.C5H11NO3.ClH/c1-2-15-5(13)4(3-12)11-6(14)7(8,9)10;1-3-10-7(9)6-4-11-5(2)8-6;1-2-9-5(8)4(6)3-7;/h4,12H,2-3H2,1H3,(H,11,14);4H,3H2,1-2H3;4,7H,2-3,6H2,1H3;1H. The Balaban J connectivity index is -0.000000463. The van der Waals surface area contributed by atoms with Crippen molar-refractivity contribution in [2.24, 2.45) is 5.73 Å². The highest BCUT2D eigenvalue weighted by Gasteiger charge is 2.40. The molecule has 1 rings (SSSR count). The molecule has 0 saturated heterocycles. The fourth-order valence-corrected chi connectivity index (χ4v) is 1.65. The molecule has 0 radical (unpaired) electrons. The molecular weight excluding hydrogens is 523 g/mol. The van der Waals surface area contributed by atoms with E-state index in [-0.39, 0.29) is 31.3 Å². The second kappa shape index (κ2) is 20.3. The third-order valence-corrected chi connectivity index (χ3v) is 3.21. The maximum Gasteiger partial charge on any atom is 0.471 e. The van der Waals surface area contributed by atoms with Crippen LogP contribution in [0.5, 0.6) is 0 Å². The summed E-state index contributed by atoms with van der Waals surface area (Å²) >= 11 is 0. The van der Waals surface area contributed by atoms with Gasteiger partial charge in [-0.2, -0.15) is 13.2 Å². The minimum Gasteiger partial charge on any atom is -0.465 e. The Labute approximate surface area is 210 Å². The molecular formula is C19H31ClF3N3O10. The van der Waals surface area contributed by atoms with Gasteiger partial charge in [-0.15, -0.1) is 12.4 Å². The topological polar surface area (TPSA) is 201 Å². The zero-order chi connectivity index (χ0) is 27.6. The molecule has 0 bridgehead atoms. The van der Waals surface area contributed by atoms with Gasteiger partial charge in [-0.1, -0.05) is 0 Å². The van der Waals surface area contributed by atoms with Crippen molar-refractivity contribution >= 4 is 36.2 Å². The molecule has 1 aromatic rings. The number of carbonyl (C=O) groups is 4. The fraction of sp³-hybridized carbons (Fsp3) is 0.632. The first kappa shape index (κ1) is 37.6. The summed E-state index contributed by atoms with van der Waals surface area (Å²) in [4.78, 5) is 46.4. The number of amides is 1. The van der Waals surface area contributed by atoms with E-state index in [1.807, 2.05) is 0 Å². The molecule has 0 spiro atoms. The maximum absolute atomic E-state index is 11.7. The zero-order valence-corrected chi connectivity index (χ0v) is 20.8. The van der Waals surface area contributed by atoms with Gasteiger partial charge >= 0.3 is 30.0 Å². The zero-order valence-electron chi connectivity index (χ0n) is 20.0. The van der Waals surface area contributed by atoms with Gasteiger partial charge in [0.25, 0.3) is 0 Å². The number of hydrogen-bond donors (Lipinski definition) is 4. The van der Waals surface area contributed by atoms with Crippen molar-refractivity contribution in [3.8, 4) is 0 Å². The second-order valence-corrected chi connectivity index (χ2v) is 5.97. The van der Waals surface area contributed by atoms with Crippen molar-refractivity contribution < 1.29 is 61.2 Å². The van der Waals surface area contributed by atoms with Crippen LogP contribution in [0.25, 0.3) is 0 Å². The number of nitrogens with zero attached hydrogens (tertiary/aromatic N) is 1. The third kappa shape index (κ3) is 16.6. The first-order chi connectivity index (χ1) is 16.3. The Bertz CT molecular complexity index is 793. The van der Waals surface area contributed by atoms with Gasteiger partial charge in [-0.25, -0.2) is 14.6 Å². The van der Waals surface area contributed by atoms with Gasteiger partial charge in [0.15, 0.2) is 17.6 Å². The fourth-order valence-electron chi connectivity index (χ4n) is 1.65. The predicted molar refractivity (Wildman–Crippen MR) is 118 cm³/mol. The summed E-state index contributed by atoms with van der Waals surface area (Å²) < 4.78 is 53.5. The molecule has 0 saturated carbocycles. The van der Waals surface area contributed by atoms with E-state index in [9.17, 15) is 32.3 Å². The molecule has 210 valence electrons. The molecule has 1 amide bonds. The van der Waals surface area contributed by atoms with Crippen molar-refractivity contribution in [1.29, 1.82) is 0 Å². The van der Waals surface area contributed by atoms with Crippen molar-refractivity contribution in [3.63, 3.8) is 0 Å². The van der Waals surface area contributed by atoms with Crippen LogP contribution in [-0.4, -0.2) is 90.3 Å². The molecule has 0 aliphatic heterocycles. The van der Waals surface area contributed by atoms with E-state index in [1.165, 1.54) is 18.5 Å². The van der Waals surface area contributed by atoms with E-state index in [0.717, 1.165) is 0 Å². The first-order valence-corrected chi connectivity index (χ1v) is 10.1. The van der Waals surface area contributed by atoms with E-state index in [1.54, 1.807) is 20.8 Å². The van der Waals surface area contributed by atoms with Crippen LogP contribution in [0.2, 0.25) is 0 Å². The Morgan fingerprint density at radius 2 is 1.53 bits per heavy atom. The van der Waals surface area contributed by atoms with Crippen LogP contribution in [0.15, 0.2) is 10.7 Å². The number of ether oxygens (including phenoxy) is 3. The third-order valence-electron chi connectivity index (χ3n) is 3.21. The summed E-state index contributed by atoms with van der Waals surface area (Å²) in [5.74, 6) is -3.94. The Morgan fingerprint density at radius 1 is 1.03 bits per heavy atom. The molecule has 1 aromatic heterocycles. The number of hydrogen-bond acceptors (Lipinski definition) is 12. The Morgan fingerprint density at radius 3 is 1.89 bits per heavy atom. The molecule has 2 atom stereocenters. The molecule has 13 nitrogen and oxygen atoms in total. The minimum atomic E-state index is -5.10. The number of aliphatic hydroxyl groups is 2. The molecule has 0 aromatic carbocycles. The van der Waals surface area contributed by atoms with Gasteiger partial charge in [0.1, 0.15) is 12.3 Å². The van der Waals surface area contributed by atoms with Crippen molar-refractivity contribution in [1.82, 2.24) is 10.3 Å². The maximum atomic E-state index is 11.7. The van der Waals surface area contributed by atoms with E-state index < -0.39 is 48.7 Å². The highest BCUT2D eigenvalue weighted by atomic mass is 35.5. The van der Waals surface area contributed by atoms with Gasteiger partial charge < -0.3 is 39.9 Å².